The smallest absolute Gasteiger partial charge is 0.278 e. The molecule has 0 spiro atoms. The summed E-state index contributed by atoms with van der Waals surface area (Å²) in [7, 11) is 0. The van der Waals surface area contributed by atoms with Crippen LogP contribution in [0, 0.1) is 0 Å². The van der Waals surface area contributed by atoms with Crippen molar-refractivity contribution in [1.29, 1.82) is 0 Å². The van der Waals surface area contributed by atoms with E-state index in [9.17, 15) is 8.78 Å². The number of alkyl halides is 2. The second-order valence-corrected chi connectivity index (χ2v) is 2.42. The first kappa shape index (κ1) is 8.83. The third-order valence-electron chi connectivity index (χ3n) is 1.02. The molecule has 0 N–H and O–H groups in total. The maximum absolute atomic E-state index is 12.2. The molecule has 0 saturated carbocycles. The summed E-state index contributed by atoms with van der Waals surface area (Å²) in [6.45, 7) is 0.106. The Hall–Kier alpha value is -1.26. The molecule has 0 fully saturated rings. The molecule has 3 nitrogen and oxygen atoms in total. The Morgan fingerprint density at radius 1 is 1.58 bits per heavy atom. The molecule has 0 aliphatic heterocycles. The zero-order valence-corrected chi connectivity index (χ0v) is 6.50. The Kier molecular flexibility index (Phi) is 2.52. The van der Waals surface area contributed by atoms with Crippen LogP contribution in [0.5, 0.6) is 5.88 Å². The van der Waals surface area contributed by atoms with Crippen molar-refractivity contribution >= 4 is 0 Å². The van der Waals surface area contributed by atoms with Gasteiger partial charge in [-0.3, -0.25) is 0 Å². The first-order valence-electron chi connectivity index (χ1n) is 3.36. The summed E-state index contributed by atoms with van der Waals surface area (Å²) in [6, 6.07) is 3.04. The van der Waals surface area contributed by atoms with E-state index < -0.39 is 12.5 Å². The van der Waals surface area contributed by atoms with Crippen molar-refractivity contribution in [2.45, 2.75) is 12.8 Å². The number of aromatic nitrogens is 2. The zero-order chi connectivity index (χ0) is 9.03. The highest BCUT2D eigenvalue weighted by atomic mass is 19.3. The molecule has 0 amide bonds. The molecule has 12 heavy (non-hydrogen) atoms. The molecule has 0 atom stereocenters. The van der Waals surface area contributed by atoms with Crippen LogP contribution in [0.15, 0.2) is 18.3 Å². The van der Waals surface area contributed by atoms with Crippen LogP contribution in [-0.4, -0.2) is 22.7 Å². The topological polar surface area (TPSA) is 35.0 Å². The van der Waals surface area contributed by atoms with Gasteiger partial charge in [-0.2, -0.15) is 5.10 Å². The highest BCUT2D eigenvalue weighted by Gasteiger charge is 2.22. The fourth-order valence-electron chi connectivity index (χ4n) is 0.565. The van der Waals surface area contributed by atoms with Crippen molar-refractivity contribution in [3.63, 3.8) is 0 Å². The van der Waals surface area contributed by atoms with E-state index in [0.29, 0.717) is 0 Å². The molecular weight excluding hydrogens is 166 g/mol. The number of nitrogens with zero attached hydrogens (tertiary/aromatic N) is 2. The van der Waals surface area contributed by atoms with Gasteiger partial charge in [0.15, 0.2) is 6.61 Å². The van der Waals surface area contributed by atoms with Gasteiger partial charge in [-0.05, 0) is 6.07 Å². The van der Waals surface area contributed by atoms with Gasteiger partial charge in [0.1, 0.15) is 0 Å². The van der Waals surface area contributed by atoms with Crippen LogP contribution in [-0.2, 0) is 0 Å². The van der Waals surface area contributed by atoms with Crippen LogP contribution in [0.2, 0.25) is 0 Å². The van der Waals surface area contributed by atoms with Gasteiger partial charge >= 0.3 is 0 Å². The molecule has 0 unspecified atom stereocenters. The lowest BCUT2D eigenvalue weighted by Crippen LogP contribution is -2.21. The van der Waals surface area contributed by atoms with Gasteiger partial charge in [-0.25, -0.2) is 8.78 Å². The Morgan fingerprint density at radius 2 is 2.33 bits per heavy atom. The van der Waals surface area contributed by atoms with Crippen LogP contribution in [0.1, 0.15) is 6.92 Å². The van der Waals surface area contributed by atoms with Gasteiger partial charge in [-0.15, -0.1) is 5.10 Å². The van der Waals surface area contributed by atoms with Gasteiger partial charge in [0.2, 0.25) is 5.88 Å². The van der Waals surface area contributed by atoms with Gasteiger partial charge < -0.3 is 4.74 Å². The Bertz CT molecular complexity index is 235. The van der Waals surface area contributed by atoms with Crippen LogP contribution in [0.3, 0.4) is 0 Å². The summed E-state index contributed by atoms with van der Waals surface area (Å²) >= 11 is 0. The second kappa shape index (κ2) is 3.42. The molecule has 1 aromatic rings. The molecule has 1 aromatic heterocycles. The van der Waals surface area contributed by atoms with E-state index >= 15 is 0 Å². The van der Waals surface area contributed by atoms with Gasteiger partial charge in [0, 0.05) is 19.2 Å². The lowest BCUT2D eigenvalue weighted by Gasteiger charge is -2.09. The maximum Gasteiger partial charge on any atom is 0.278 e. The first-order valence-corrected chi connectivity index (χ1v) is 3.36. The molecule has 0 aliphatic carbocycles. The van der Waals surface area contributed by atoms with Crippen molar-refractivity contribution in [2.75, 3.05) is 6.61 Å². The number of hydrogen-bond acceptors (Lipinski definition) is 3. The van der Waals surface area contributed by atoms with Crippen molar-refractivity contribution in [3.8, 4) is 5.88 Å². The molecule has 1 heterocycles. The van der Waals surface area contributed by atoms with E-state index in [0.717, 1.165) is 6.92 Å². The average molecular weight is 174 g/mol. The first-order chi connectivity index (χ1) is 5.58. The average Bonchev–Trinajstić information content (AvgIpc) is 2.02. The van der Waals surface area contributed by atoms with E-state index in [1.54, 1.807) is 6.07 Å². The third kappa shape index (κ3) is 3.23. The van der Waals surface area contributed by atoms with Crippen molar-refractivity contribution < 1.29 is 13.5 Å². The summed E-state index contributed by atoms with van der Waals surface area (Å²) in [5.74, 6) is -2.73. The van der Waals surface area contributed by atoms with Crippen LogP contribution in [0.25, 0.3) is 0 Å². The van der Waals surface area contributed by atoms with Crippen LogP contribution < -0.4 is 4.74 Å². The van der Waals surface area contributed by atoms with E-state index in [1.807, 2.05) is 0 Å². The minimum absolute atomic E-state index is 0.110. The normalized spacial score (nSPS) is 11.2. The standard InChI is InChI=1S/C7H8F2N2O/c1-7(8,9)5-12-6-3-2-4-10-11-6/h2-4H,5H2,1H3. The molecule has 0 radical (unpaired) electrons. The Balaban J connectivity index is 2.44. The predicted molar refractivity (Wildman–Crippen MR) is 38.1 cm³/mol. The number of halogens is 2. The fourth-order valence-corrected chi connectivity index (χ4v) is 0.565. The molecular formula is C7H8F2N2O. The molecule has 0 saturated heterocycles. The van der Waals surface area contributed by atoms with Crippen LogP contribution in [0.4, 0.5) is 8.78 Å². The minimum atomic E-state index is -2.84. The maximum atomic E-state index is 12.2. The predicted octanol–water partition coefficient (Wildman–Crippen LogP) is 1.51. The lowest BCUT2D eigenvalue weighted by atomic mass is 10.4. The lowest BCUT2D eigenvalue weighted by molar-refractivity contribution is -0.0244. The fraction of sp³-hybridized carbons (Fsp3) is 0.429. The SMILES string of the molecule is CC(F)(F)COc1cccnn1. The summed E-state index contributed by atoms with van der Waals surface area (Å²) in [5, 5.41) is 6.94. The Labute approximate surface area is 68.4 Å². The third-order valence-corrected chi connectivity index (χ3v) is 1.02. The molecule has 0 aliphatic rings. The number of rotatable bonds is 3. The van der Waals surface area contributed by atoms with Gasteiger partial charge in [0.05, 0.1) is 0 Å². The molecule has 5 heteroatoms. The van der Waals surface area contributed by atoms with Gasteiger partial charge in [0.25, 0.3) is 5.92 Å². The van der Waals surface area contributed by atoms with E-state index in [1.165, 1.54) is 12.3 Å². The molecule has 66 valence electrons. The molecule has 0 bridgehead atoms. The quantitative estimate of drug-likeness (QED) is 0.696. The molecule has 0 aromatic carbocycles. The second-order valence-electron chi connectivity index (χ2n) is 2.42. The van der Waals surface area contributed by atoms with E-state index in [-0.39, 0.29) is 5.88 Å². The van der Waals surface area contributed by atoms with E-state index in [2.05, 4.69) is 14.9 Å². The summed E-state index contributed by atoms with van der Waals surface area (Å²) < 4.78 is 29.1. The summed E-state index contributed by atoms with van der Waals surface area (Å²) in [4.78, 5) is 0. The van der Waals surface area contributed by atoms with Gasteiger partial charge in [-0.1, -0.05) is 0 Å². The summed E-state index contributed by atoms with van der Waals surface area (Å²) in [6.07, 6.45) is 1.44. The zero-order valence-electron chi connectivity index (χ0n) is 6.50. The van der Waals surface area contributed by atoms with Crippen molar-refractivity contribution in [1.82, 2.24) is 10.2 Å². The minimum Gasteiger partial charge on any atom is -0.470 e. The van der Waals surface area contributed by atoms with E-state index in [4.69, 9.17) is 0 Å². The monoisotopic (exact) mass is 174 g/mol. The largest absolute Gasteiger partial charge is 0.470 e. The summed E-state index contributed by atoms with van der Waals surface area (Å²) in [5.41, 5.74) is 0. The van der Waals surface area contributed by atoms with Crippen molar-refractivity contribution in [3.05, 3.63) is 18.3 Å². The Morgan fingerprint density at radius 3 is 2.83 bits per heavy atom. The highest BCUT2D eigenvalue weighted by Crippen LogP contribution is 2.13. The number of ether oxygens (including phenoxy) is 1. The van der Waals surface area contributed by atoms with Crippen molar-refractivity contribution in [2.24, 2.45) is 0 Å². The highest BCUT2D eigenvalue weighted by molar-refractivity contribution is 5.05. The molecule has 1 rings (SSSR count). The van der Waals surface area contributed by atoms with Crippen LogP contribution >= 0.6 is 0 Å². The number of hydrogen-bond donors (Lipinski definition) is 0.